The molecule has 2 amide bonds. The monoisotopic (exact) mass is 424 g/mol. The van der Waals surface area contributed by atoms with Gasteiger partial charge in [-0.3, -0.25) is 9.59 Å². The summed E-state index contributed by atoms with van der Waals surface area (Å²) in [7, 11) is 0. The average Bonchev–Trinajstić information content (AvgIpc) is 3.33. The standard InChI is InChI=1S/C24H32N4O3/c1-24(23(30)25-17-9-4-2-3-5-10-17)16-27-20-13-7-6-12-19(20)26-21(27)22(29)28(24)15-18-11-8-14-31-18/h6-7,12-13,17-18H,2-5,8-11,14-16H2,1H3,(H,25,30). The van der Waals surface area contributed by atoms with E-state index in [2.05, 4.69) is 10.3 Å². The zero-order valence-corrected chi connectivity index (χ0v) is 18.3. The normalized spacial score (nSPS) is 27.3. The van der Waals surface area contributed by atoms with E-state index >= 15 is 0 Å². The maximum atomic E-state index is 13.7. The van der Waals surface area contributed by atoms with E-state index in [4.69, 9.17) is 4.74 Å². The largest absolute Gasteiger partial charge is 0.376 e. The van der Waals surface area contributed by atoms with Crippen molar-refractivity contribution < 1.29 is 14.3 Å². The van der Waals surface area contributed by atoms with Crippen molar-refractivity contribution in [1.82, 2.24) is 19.8 Å². The molecule has 166 valence electrons. The number of carbonyl (C=O) groups excluding carboxylic acids is 2. The SMILES string of the molecule is CC1(C(=O)NC2CCCCCC2)Cn2c(nc3ccccc32)C(=O)N1CC1CCCO1. The summed E-state index contributed by atoms with van der Waals surface area (Å²) in [5.41, 5.74) is 0.707. The molecule has 3 heterocycles. The number of amides is 2. The van der Waals surface area contributed by atoms with Gasteiger partial charge in [0.1, 0.15) is 5.54 Å². The minimum Gasteiger partial charge on any atom is -0.376 e. The topological polar surface area (TPSA) is 76.5 Å². The molecule has 1 saturated carbocycles. The van der Waals surface area contributed by atoms with Crippen molar-refractivity contribution in [2.45, 2.75) is 82.5 Å². The Morgan fingerprint density at radius 1 is 1.16 bits per heavy atom. The molecule has 2 unspecified atom stereocenters. The summed E-state index contributed by atoms with van der Waals surface area (Å²) in [6, 6.07) is 7.95. The van der Waals surface area contributed by atoms with E-state index in [-0.39, 0.29) is 24.0 Å². The predicted octanol–water partition coefficient (Wildman–Crippen LogP) is 3.27. The highest BCUT2D eigenvalue weighted by molar-refractivity contribution is 6.01. The van der Waals surface area contributed by atoms with E-state index < -0.39 is 5.54 Å². The number of nitrogens with zero attached hydrogens (tertiary/aromatic N) is 3. The molecule has 1 N–H and O–H groups in total. The summed E-state index contributed by atoms with van der Waals surface area (Å²) in [5, 5.41) is 3.31. The fourth-order valence-electron chi connectivity index (χ4n) is 5.37. The maximum Gasteiger partial charge on any atom is 0.290 e. The zero-order valence-electron chi connectivity index (χ0n) is 18.3. The van der Waals surface area contributed by atoms with Crippen LogP contribution in [0, 0.1) is 0 Å². The fourth-order valence-corrected chi connectivity index (χ4v) is 5.37. The molecule has 2 fully saturated rings. The number of ether oxygens (including phenoxy) is 1. The Morgan fingerprint density at radius 2 is 1.94 bits per heavy atom. The summed E-state index contributed by atoms with van der Waals surface area (Å²) < 4.78 is 7.76. The smallest absolute Gasteiger partial charge is 0.290 e. The molecule has 31 heavy (non-hydrogen) atoms. The molecule has 7 heteroatoms. The van der Waals surface area contributed by atoms with Gasteiger partial charge in [-0.1, -0.05) is 37.8 Å². The molecule has 0 spiro atoms. The van der Waals surface area contributed by atoms with Gasteiger partial charge in [0.25, 0.3) is 5.91 Å². The van der Waals surface area contributed by atoms with Crippen molar-refractivity contribution in [3.63, 3.8) is 0 Å². The van der Waals surface area contributed by atoms with Crippen LogP contribution in [0.2, 0.25) is 0 Å². The van der Waals surface area contributed by atoms with Crippen LogP contribution in [-0.4, -0.2) is 57.1 Å². The first-order chi connectivity index (χ1) is 15.1. The molecule has 1 aromatic carbocycles. The highest BCUT2D eigenvalue weighted by atomic mass is 16.5. The van der Waals surface area contributed by atoms with Gasteiger partial charge < -0.3 is 19.5 Å². The lowest BCUT2D eigenvalue weighted by molar-refractivity contribution is -0.134. The Bertz CT molecular complexity index is 972. The van der Waals surface area contributed by atoms with Crippen LogP contribution in [-0.2, 0) is 16.1 Å². The van der Waals surface area contributed by atoms with Crippen molar-refractivity contribution in [3.8, 4) is 0 Å². The molecule has 0 bridgehead atoms. The van der Waals surface area contributed by atoms with Gasteiger partial charge in [-0.25, -0.2) is 4.98 Å². The van der Waals surface area contributed by atoms with E-state index in [1.165, 1.54) is 12.8 Å². The molecule has 5 rings (SSSR count). The number of hydrogen-bond acceptors (Lipinski definition) is 4. The molecular weight excluding hydrogens is 392 g/mol. The van der Waals surface area contributed by atoms with E-state index in [0.717, 1.165) is 56.2 Å². The third kappa shape index (κ3) is 3.73. The minimum absolute atomic E-state index is 0.0233. The van der Waals surface area contributed by atoms with Gasteiger partial charge in [-0.2, -0.15) is 0 Å². The van der Waals surface area contributed by atoms with Crippen LogP contribution in [0.15, 0.2) is 24.3 Å². The van der Waals surface area contributed by atoms with Crippen molar-refractivity contribution in [1.29, 1.82) is 0 Å². The summed E-state index contributed by atoms with van der Waals surface area (Å²) in [4.78, 5) is 33.7. The van der Waals surface area contributed by atoms with Crippen LogP contribution in [0.4, 0.5) is 0 Å². The van der Waals surface area contributed by atoms with Gasteiger partial charge >= 0.3 is 0 Å². The van der Waals surface area contributed by atoms with Gasteiger partial charge in [-0.05, 0) is 44.7 Å². The molecule has 2 aromatic rings. The zero-order chi connectivity index (χ0) is 21.4. The number of imidazole rings is 1. The molecule has 1 aliphatic carbocycles. The maximum absolute atomic E-state index is 13.7. The number of hydrogen-bond donors (Lipinski definition) is 1. The molecule has 2 aliphatic heterocycles. The van der Waals surface area contributed by atoms with Crippen LogP contribution in [0.3, 0.4) is 0 Å². The number of benzene rings is 1. The highest BCUT2D eigenvalue weighted by Crippen LogP contribution is 2.32. The van der Waals surface area contributed by atoms with E-state index in [1.54, 1.807) is 4.90 Å². The molecule has 7 nitrogen and oxygen atoms in total. The van der Waals surface area contributed by atoms with Crippen molar-refractivity contribution >= 4 is 22.8 Å². The lowest BCUT2D eigenvalue weighted by Crippen LogP contribution is -2.66. The summed E-state index contributed by atoms with van der Waals surface area (Å²) in [6.07, 6.45) is 8.69. The predicted molar refractivity (Wildman–Crippen MR) is 118 cm³/mol. The second-order valence-electron chi connectivity index (χ2n) is 9.50. The Kier molecular flexibility index (Phi) is 5.46. The van der Waals surface area contributed by atoms with Gasteiger partial charge in [-0.15, -0.1) is 0 Å². The first-order valence-corrected chi connectivity index (χ1v) is 11.8. The molecule has 1 saturated heterocycles. The quantitative estimate of drug-likeness (QED) is 0.765. The first-order valence-electron chi connectivity index (χ1n) is 11.8. The third-order valence-corrected chi connectivity index (χ3v) is 7.24. The van der Waals surface area contributed by atoms with E-state index in [0.29, 0.717) is 18.9 Å². The van der Waals surface area contributed by atoms with Crippen LogP contribution in [0.5, 0.6) is 0 Å². The highest BCUT2D eigenvalue weighted by Gasteiger charge is 2.49. The molecule has 3 aliphatic rings. The third-order valence-electron chi connectivity index (χ3n) is 7.24. The van der Waals surface area contributed by atoms with E-state index in [1.807, 2.05) is 35.8 Å². The molecule has 1 aromatic heterocycles. The number of fused-ring (bicyclic) bond motifs is 3. The molecular formula is C24H32N4O3. The lowest BCUT2D eigenvalue weighted by atomic mass is 9.93. The summed E-state index contributed by atoms with van der Waals surface area (Å²) in [6.45, 7) is 3.45. The van der Waals surface area contributed by atoms with Crippen LogP contribution >= 0.6 is 0 Å². The average molecular weight is 425 g/mol. The van der Waals surface area contributed by atoms with Crippen molar-refractivity contribution in [3.05, 3.63) is 30.1 Å². The van der Waals surface area contributed by atoms with Gasteiger partial charge in [0.2, 0.25) is 5.91 Å². The second-order valence-corrected chi connectivity index (χ2v) is 9.50. The van der Waals surface area contributed by atoms with E-state index in [9.17, 15) is 9.59 Å². The van der Waals surface area contributed by atoms with Crippen molar-refractivity contribution in [2.24, 2.45) is 0 Å². The molecule has 0 radical (unpaired) electrons. The Hall–Kier alpha value is -2.41. The van der Waals surface area contributed by atoms with Gasteiger partial charge in [0, 0.05) is 19.2 Å². The van der Waals surface area contributed by atoms with Gasteiger partial charge in [0.15, 0.2) is 5.82 Å². The van der Waals surface area contributed by atoms with Gasteiger partial charge in [0.05, 0.1) is 23.7 Å². The number of rotatable bonds is 4. The number of nitrogens with one attached hydrogen (secondary N) is 1. The summed E-state index contributed by atoms with van der Waals surface area (Å²) >= 11 is 0. The first kappa shape index (κ1) is 20.5. The van der Waals surface area contributed by atoms with Crippen LogP contribution < -0.4 is 5.32 Å². The van der Waals surface area contributed by atoms with Crippen molar-refractivity contribution in [2.75, 3.05) is 13.2 Å². The number of aromatic nitrogens is 2. The molecule has 2 atom stereocenters. The van der Waals surface area contributed by atoms with Crippen LogP contribution in [0.1, 0.15) is 68.9 Å². The Labute approximate surface area is 183 Å². The Balaban J connectivity index is 1.49. The fraction of sp³-hybridized carbons (Fsp3) is 0.625. The summed E-state index contributed by atoms with van der Waals surface area (Å²) in [5.74, 6) is 0.171. The number of carbonyl (C=O) groups is 2. The number of para-hydroxylation sites is 2. The van der Waals surface area contributed by atoms with Crippen LogP contribution in [0.25, 0.3) is 11.0 Å². The Morgan fingerprint density at radius 3 is 2.68 bits per heavy atom. The minimum atomic E-state index is -0.980. The lowest BCUT2D eigenvalue weighted by Gasteiger charge is -2.44. The second kappa shape index (κ2) is 8.26.